The van der Waals surface area contributed by atoms with Gasteiger partial charge < -0.3 is 16.2 Å². The molecular formula is C13H18N2O3. The van der Waals surface area contributed by atoms with Crippen LogP contribution in [0.3, 0.4) is 0 Å². The molecule has 2 atom stereocenters. The number of nitrogens with two attached hydrogens (primary N) is 1. The van der Waals surface area contributed by atoms with Crippen LogP contribution in [-0.2, 0) is 16.0 Å². The second-order valence-corrected chi connectivity index (χ2v) is 4.10. The quantitative estimate of drug-likeness (QED) is 0.687. The number of hydrogen-bond donors (Lipinski definition) is 3. The molecule has 0 aliphatic carbocycles. The first-order valence-corrected chi connectivity index (χ1v) is 5.87. The highest BCUT2D eigenvalue weighted by Crippen LogP contribution is 2.04. The molecular weight excluding hydrogens is 232 g/mol. The number of rotatable bonds is 6. The smallest absolute Gasteiger partial charge is 0.326 e. The lowest BCUT2D eigenvalue weighted by molar-refractivity contribution is -0.142. The zero-order chi connectivity index (χ0) is 13.5. The minimum Gasteiger partial charge on any atom is -0.480 e. The van der Waals surface area contributed by atoms with Gasteiger partial charge in [-0.1, -0.05) is 37.3 Å². The number of carboxylic acids is 1. The van der Waals surface area contributed by atoms with E-state index >= 15 is 0 Å². The van der Waals surface area contributed by atoms with E-state index in [9.17, 15) is 9.59 Å². The first-order chi connectivity index (χ1) is 8.54. The van der Waals surface area contributed by atoms with Crippen LogP contribution >= 0.6 is 0 Å². The van der Waals surface area contributed by atoms with Crippen LogP contribution in [0.25, 0.3) is 0 Å². The Morgan fingerprint density at radius 2 is 1.94 bits per heavy atom. The number of aliphatic carboxylic acids is 1. The maximum absolute atomic E-state index is 11.6. The Balaban J connectivity index is 2.67. The third kappa shape index (κ3) is 4.18. The van der Waals surface area contributed by atoms with Crippen LogP contribution in [0, 0.1) is 0 Å². The fraction of sp³-hybridized carbons (Fsp3) is 0.385. The van der Waals surface area contributed by atoms with E-state index in [1.807, 2.05) is 30.3 Å². The van der Waals surface area contributed by atoms with Crippen molar-refractivity contribution in [3.8, 4) is 0 Å². The molecule has 0 heterocycles. The molecule has 0 aromatic heterocycles. The van der Waals surface area contributed by atoms with Crippen molar-refractivity contribution in [2.75, 3.05) is 0 Å². The van der Waals surface area contributed by atoms with Gasteiger partial charge in [0.15, 0.2) is 0 Å². The highest BCUT2D eigenvalue weighted by Gasteiger charge is 2.22. The number of benzene rings is 1. The molecule has 0 bridgehead atoms. The van der Waals surface area contributed by atoms with Gasteiger partial charge in [0.2, 0.25) is 5.91 Å². The van der Waals surface area contributed by atoms with Gasteiger partial charge in [-0.15, -0.1) is 0 Å². The highest BCUT2D eigenvalue weighted by molar-refractivity contribution is 5.86. The summed E-state index contributed by atoms with van der Waals surface area (Å²) in [6.45, 7) is 1.78. The first kappa shape index (κ1) is 14.2. The third-order valence-corrected chi connectivity index (χ3v) is 2.67. The van der Waals surface area contributed by atoms with Gasteiger partial charge in [-0.05, 0) is 12.0 Å². The summed E-state index contributed by atoms with van der Waals surface area (Å²) in [4.78, 5) is 22.7. The fourth-order valence-electron chi connectivity index (χ4n) is 1.51. The Hall–Kier alpha value is -1.88. The standard InChI is InChI=1S/C13H18N2O3/c1-2-10(14)12(16)15-11(13(17)18)8-9-6-4-3-5-7-9/h3-7,10-11H,2,8,14H2,1H3,(H,15,16)(H,17,18)/t10?,11-/m0/s1. The molecule has 1 aromatic rings. The fourth-order valence-corrected chi connectivity index (χ4v) is 1.51. The van der Waals surface area contributed by atoms with Gasteiger partial charge in [0.25, 0.3) is 0 Å². The topological polar surface area (TPSA) is 92.4 Å². The average Bonchev–Trinajstić information content (AvgIpc) is 2.37. The number of carbonyl (C=O) groups excluding carboxylic acids is 1. The first-order valence-electron chi connectivity index (χ1n) is 5.87. The minimum absolute atomic E-state index is 0.248. The Labute approximate surface area is 106 Å². The second kappa shape index (κ2) is 6.76. The van der Waals surface area contributed by atoms with Crippen molar-refractivity contribution >= 4 is 11.9 Å². The third-order valence-electron chi connectivity index (χ3n) is 2.67. The SMILES string of the molecule is CCC(N)C(=O)N[C@@H](Cc1ccccc1)C(=O)O. The molecule has 98 valence electrons. The molecule has 5 heteroatoms. The van der Waals surface area contributed by atoms with E-state index in [0.29, 0.717) is 6.42 Å². The summed E-state index contributed by atoms with van der Waals surface area (Å²) in [7, 11) is 0. The summed E-state index contributed by atoms with van der Waals surface area (Å²) in [6, 6.07) is 7.54. The van der Waals surface area contributed by atoms with Gasteiger partial charge in [-0.3, -0.25) is 4.79 Å². The van der Waals surface area contributed by atoms with E-state index in [0.717, 1.165) is 5.56 Å². The number of carboxylic acid groups (broad SMARTS) is 1. The van der Waals surface area contributed by atoms with E-state index in [-0.39, 0.29) is 6.42 Å². The van der Waals surface area contributed by atoms with Crippen molar-refractivity contribution in [1.29, 1.82) is 0 Å². The molecule has 1 aromatic carbocycles. The van der Waals surface area contributed by atoms with Gasteiger partial charge in [0.1, 0.15) is 6.04 Å². The van der Waals surface area contributed by atoms with E-state index in [4.69, 9.17) is 10.8 Å². The molecule has 1 rings (SSSR count). The lowest BCUT2D eigenvalue weighted by Gasteiger charge is -2.17. The summed E-state index contributed by atoms with van der Waals surface area (Å²) in [5.74, 6) is -1.49. The largest absolute Gasteiger partial charge is 0.480 e. The Bertz CT molecular complexity index is 406. The summed E-state index contributed by atoms with van der Waals surface area (Å²) in [5.41, 5.74) is 6.41. The molecule has 18 heavy (non-hydrogen) atoms. The number of amides is 1. The van der Waals surface area contributed by atoms with Crippen LogP contribution < -0.4 is 11.1 Å². The van der Waals surface area contributed by atoms with Crippen LogP contribution in [0.2, 0.25) is 0 Å². The maximum Gasteiger partial charge on any atom is 0.326 e. The van der Waals surface area contributed by atoms with E-state index in [2.05, 4.69) is 5.32 Å². The summed E-state index contributed by atoms with van der Waals surface area (Å²) >= 11 is 0. The Morgan fingerprint density at radius 1 is 1.33 bits per heavy atom. The summed E-state index contributed by atoms with van der Waals surface area (Å²) in [5, 5.41) is 11.5. The van der Waals surface area contributed by atoms with Crippen LogP contribution in [0.15, 0.2) is 30.3 Å². The van der Waals surface area contributed by atoms with Gasteiger partial charge in [-0.25, -0.2) is 4.79 Å². The molecule has 0 saturated heterocycles. The predicted molar refractivity (Wildman–Crippen MR) is 68.0 cm³/mol. The van der Waals surface area contributed by atoms with Gasteiger partial charge in [-0.2, -0.15) is 0 Å². The van der Waals surface area contributed by atoms with Crippen molar-refractivity contribution in [1.82, 2.24) is 5.32 Å². The molecule has 0 radical (unpaired) electrons. The molecule has 1 unspecified atom stereocenters. The maximum atomic E-state index is 11.6. The Kier molecular flexibility index (Phi) is 5.32. The van der Waals surface area contributed by atoms with E-state index in [1.54, 1.807) is 6.92 Å². The normalized spacial score (nSPS) is 13.7. The minimum atomic E-state index is -1.06. The number of nitrogens with one attached hydrogen (secondary N) is 1. The molecule has 0 saturated carbocycles. The second-order valence-electron chi connectivity index (χ2n) is 4.10. The van der Waals surface area contributed by atoms with Crippen LogP contribution in [0.5, 0.6) is 0 Å². The monoisotopic (exact) mass is 250 g/mol. The molecule has 0 aliphatic heterocycles. The van der Waals surface area contributed by atoms with Crippen LogP contribution in [-0.4, -0.2) is 29.1 Å². The zero-order valence-electron chi connectivity index (χ0n) is 10.3. The Morgan fingerprint density at radius 3 is 2.44 bits per heavy atom. The predicted octanol–water partition coefficient (Wildman–Crippen LogP) is 0.536. The zero-order valence-corrected chi connectivity index (χ0v) is 10.3. The summed E-state index contributed by atoms with van der Waals surface area (Å²) in [6.07, 6.45) is 0.724. The molecule has 5 nitrogen and oxygen atoms in total. The number of hydrogen-bond acceptors (Lipinski definition) is 3. The lowest BCUT2D eigenvalue weighted by atomic mass is 10.1. The summed E-state index contributed by atoms with van der Waals surface area (Å²) < 4.78 is 0. The van der Waals surface area contributed by atoms with Crippen molar-refractivity contribution in [3.05, 3.63) is 35.9 Å². The van der Waals surface area contributed by atoms with Crippen molar-refractivity contribution in [2.45, 2.75) is 31.8 Å². The highest BCUT2D eigenvalue weighted by atomic mass is 16.4. The average molecular weight is 250 g/mol. The van der Waals surface area contributed by atoms with Crippen LogP contribution in [0.1, 0.15) is 18.9 Å². The molecule has 0 spiro atoms. The van der Waals surface area contributed by atoms with E-state index < -0.39 is 24.0 Å². The van der Waals surface area contributed by atoms with Crippen molar-refractivity contribution < 1.29 is 14.7 Å². The van der Waals surface area contributed by atoms with Crippen molar-refractivity contribution in [2.24, 2.45) is 5.73 Å². The molecule has 1 amide bonds. The van der Waals surface area contributed by atoms with E-state index in [1.165, 1.54) is 0 Å². The van der Waals surface area contributed by atoms with Gasteiger partial charge in [0, 0.05) is 6.42 Å². The lowest BCUT2D eigenvalue weighted by Crippen LogP contribution is -2.49. The molecule has 0 aliphatic rings. The van der Waals surface area contributed by atoms with Gasteiger partial charge >= 0.3 is 5.97 Å². The molecule has 4 N–H and O–H groups in total. The molecule has 0 fully saturated rings. The van der Waals surface area contributed by atoms with Crippen LogP contribution in [0.4, 0.5) is 0 Å². The van der Waals surface area contributed by atoms with Gasteiger partial charge in [0.05, 0.1) is 6.04 Å². The number of carbonyl (C=O) groups is 2. The van der Waals surface area contributed by atoms with Crippen molar-refractivity contribution in [3.63, 3.8) is 0 Å².